The molecule has 106 valence electrons. The average Bonchev–Trinajstić information content (AvgIpc) is 3.03. The maximum Gasteiger partial charge on any atom is 0.287 e. The van der Waals surface area contributed by atoms with Crippen LogP contribution < -0.4 is 5.32 Å². The predicted molar refractivity (Wildman–Crippen MR) is 72.6 cm³/mol. The molecule has 1 aliphatic rings. The summed E-state index contributed by atoms with van der Waals surface area (Å²) in [6.45, 7) is 2.86. The van der Waals surface area contributed by atoms with Crippen LogP contribution in [0.3, 0.4) is 0 Å². The number of fused-ring (bicyclic) bond motifs is 3. The number of H-pyrrole nitrogens is 1. The van der Waals surface area contributed by atoms with Gasteiger partial charge in [-0.25, -0.2) is 0 Å². The lowest BCUT2D eigenvalue weighted by Crippen LogP contribution is -2.27. The number of nitrogens with one attached hydrogen (secondary N) is 2. The van der Waals surface area contributed by atoms with Crippen LogP contribution >= 0.6 is 0 Å². The molecule has 0 spiro atoms. The highest BCUT2D eigenvalue weighted by Gasteiger charge is 2.28. The molecule has 0 radical (unpaired) electrons. The van der Waals surface area contributed by atoms with Crippen molar-refractivity contribution in [2.24, 2.45) is 0 Å². The second-order valence-electron chi connectivity index (χ2n) is 4.87. The highest BCUT2D eigenvalue weighted by molar-refractivity contribution is 5.95. The van der Waals surface area contributed by atoms with Gasteiger partial charge in [0.2, 0.25) is 0 Å². The van der Waals surface area contributed by atoms with E-state index in [1.807, 2.05) is 13.1 Å². The van der Waals surface area contributed by atoms with E-state index in [0.29, 0.717) is 18.9 Å². The third-order valence-corrected chi connectivity index (χ3v) is 3.61. The van der Waals surface area contributed by atoms with E-state index < -0.39 is 0 Å². The Morgan fingerprint density at radius 2 is 2.40 bits per heavy atom. The van der Waals surface area contributed by atoms with Crippen molar-refractivity contribution < 1.29 is 13.9 Å². The molecule has 0 unspecified atom stereocenters. The van der Waals surface area contributed by atoms with Crippen LogP contribution in [0.1, 0.15) is 27.4 Å². The Kier molecular flexibility index (Phi) is 3.31. The highest BCUT2D eigenvalue weighted by atomic mass is 16.5. The van der Waals surface area contributed by atoms with Gasteiger partial charge in [-0.1, -0.05) is 0 Å². The number of methoxy groups -OCH3 is 1. The second-order valence-corrected chi connectivity index (χ2v) is 4.87. The molecule has 0 fully saturated rings. The van der Waals surface area contributed by atoms with Gasteiger partial charge in [-0.2, -0.15) is 5.10 Å². The first-order valence-corrected chi connectivity index (χ1v) is 6.64. The van der Waals surface area contributed by atoms with E-state index in [1.165, 1.54) is 5.56 Å². The Balaban J connectivity index is 1.91. The monoisotopic (exact) mass is 275 g/mol. The third-order valence-electron chi connectivity index (χ3n) is 3.61. The molecule has 0 aliphatic heterocycles. The van der Waals surface area contributed by atoms with Gasteiger partial charge < -0.3 is 14.5 Å². The first-order chi connectivity index (χ1) is 9.72. The Bertz CT molecular complexity index is 642. The molecule has 2 aromatic rings. The van der Waals surface area contributed by atoms with Crippen LogP contribution in [-0.2, 0) is 17.6 Å². The van der Waals surface area contributed by atoms with Crippen LogP contribution in [0, 0.1) is 6.92 Å². The standard InChI is InChI=1S/C14H17N3O3/c1-8-11-10(4-3-9-7-16-17-12(9)11)20-13(8)14(18)15-5-6-19-2/h7H,3-6H2,1-2H3,(H,15,18)(H,16,17). The van der Waals surface area contributed by atoms with Gasteiger partial charge in [0.1, 0.15) is 5.76 Å². The van der Waals surface area contributed by atoms with E-state index in [-0.39, 0.29) is 5.91 Å². The number of aromatic nitrogens is 2. The number of hydrogen-bond acceptors (Lipinski definition) is 4. The number of furan rings is 1. The van der Waals surface area contributed by atoms with Crippen molar-refractivity contribution >= 4 is 5.91 Å². The van der Waals surface area contributed by atoms with Crippen molar-refractivity contribution in [1.29, 1.82) is 0 Å². The Morgan fingerprint density at radius 1 is 1.55 bits per heavy atom. The minimum atomic E-state index is -0.199. The minimum Gasteiger partial charge on any atom is -0.455 e. The van der Waals surface area contributed by atoms with E-state index >= 15 is 0 Å². The summed E-state index contributed by atoms with van der Waals surface area (Å²) in [6, 6.07) is 0. The molecule has 2 heterocycles. The summed E-state index contributed by atoms with van der Waals surface area (Å²) in [5.74, 6) is 1.04. The van der Waals surface area contributed by atoms with Crippen LogP contribution in [0.25, 0.3) is 11.3 Å². The van der Waals surface area contributed by atoms with Crippen LogP contribution in [0.2, 0.25) is 0 Å². The SMILES string of the molecule is COCCNC(=O)c1oc2c(c1C)-c1[nH]ncc1CC2. The van der Waals surface area contributed by atoms with Gasteiger partial charge in [0, 0.05) is 31.2 Å². The van der Waals surface area contributed by atoms with Crippen LogP contribution in [0.15, 0.2) is 10.6 Å². The lowest BCUT2D eigenvalue weighted by atomic mass is 9.93. The van der Waals surface area contributed by atoms with E-state index in [9.17, 15) is 4.79 Å². The van der Waals surface area contributed by atoms with Crippen molar-refractivity contribution in [3.05, 3.63) is 28.8 Å². The quantitative estimate of drug-likeness (QED) is 0.828. The molecule has 6 nitrogen and oxygen atoms in total. The van der Waals surface area contributed by atoms with Gasteiger partial charge in [-0.15, -0.1) is 0 Å². The Morgan fingerprint density at radius 3 is 3.20 bits per heavy atom. The number of carbonyl (C=O) groups is 1. The summed E-state index contributed by atoms with van der Waals surface area (Å²) < 4.78 is 10.7. The van der Waals surface area contributed by atoms with Gasteiger partial charge in [-0.3, -0.25) is 9.89 Å². The van der Waals surface area contributed by atoms with Gasteiger partial charge in [-0.05, 0) is 18.9 Å². The number of hydrogen-bond donors (Lipinski definition) is 2. The van der Waals surface area contributed by atoms with E-state index in [1.54, 1.807) is 7.11 Å². The molecule has 1 amide bonds. The number of nitrogens with zero attached hydrogens (tertiary/aromatic N) is 1. The zero-order chi connectivity index (χ0) is 14.1. The van der Waals surface area contributed by atoms with Crippen molar-refractivity contribution in [1.82, 2.24) is 15.5 Å². The van der Waals surface area contributed by atoms with Crippen molar-refractivity contribution in [3.8, 4) is 11.3 Å². The fourth-order valence-electron chi connectivity index (χ4n) is 2.61. The number of rotatable bonds is 4. The maximum absolute atomic E-state index is 12.1. The Labute approximate surface area is 116 Å². The highest BCUT2D eigenvalue weighted by Crippen LogP contribution is 2.37. The molecule has 1 aliphatic carbocycles. The average molecular weight is 275 g/mol. The van der Waals surface area contributed by atoms with Gasteiger partial charge in [0.15, 0.2) is 5.76 Å². The number of amides is 1. The normalized spacial score (nSPS) is 12.9. The van der Waals surface area contributed by atoms with Gasteiger partial charge in [0.25, 0.3) is 5.91 Å². The summed E-state index contributed by atoms with van der Waals surface area (Å²) >= 11 is 0. The molecular weight excluding hydrogens is 258 g/mol. The minimum absolute atomic E-state index is 0.199. The molecule has 2 N–H and O–H groups in total. The second kappa shape index (κ2) is 5.13. The van der Waals surface area contributed by atoms with E-state index in [4.69, 9.17) is 9.15 Å². The lowest BCUT2D eigenvalue weighted by molar-refractivity contribution is 0.0907. The maximum atomic E-state index is 12.1. The van der Waals surface area contributed by atoms with Crippen molar-refractivity contribution in [2.45, 2.75) is 19.8 Å². The summed E-state index contributed by atoms with van der Waals surface area (Å²) in [4.78, 5) is 12.1. The molecule has 0 aromatic carbocycles. The molecule has 0 bridgehead atoms. The molecule has 0 saturated carbocycles. The molecule has 0 saturated heterocycles. The largest absolute Gasteiger partial charge is 0.455 e. The van der Waals surface area contributed by atoms with Gasteiger partial charge in [0.05, 0.1) is 18.5 Å². The van der Waals surface area contributed by atoms with Crippen LogP contribution in [-0.4, -0.2) is 36.4 Å². The first kappa shape index (κ1) is 12.9. The molecule has 3 rings (SSSR count). The van der Waals surface area contributed by atoms with Crippen molar-refractivity contribution in [2.75, 3.05) is 20.3 Å². The summed E-state index contributed by atoms with van der Waals surface area (Å²) in [7, 11) is 1.60. The van der Waals surface area contributed by atoms with Gasteiger partial charge >= 0.3 is 0 Å². The van der Waals surface area contributed by atoms with Crippen LogP contribution in [0.5, 0.6) is 0 Å². The van der Waals surface area contributed by atoms with Crippen LogP contribution in [0.4, 0.5) is 0 Å². The lowest BCUT2D eigenvalue weighted by Gasteiger charge is -2.09. The molecule has 6 heteroatoms. The predicted octanol–water partition coefficient (Wildman–Crippen LogP) is 1.45. The molecule has 0 atom stereocenters. The fourth-order valence-corrected chi connectivity index (χ4v) is 2.61. The summed E-state index contributed by atoms with van der Waals surface area (Å²) in [5, 5.41) is 9.86. The zero-order valence-electron chi connectivity index (χ0n) is 11.6. The zero-order valence-corrected chi connectivity index (χ0v) is 11.6. The Hall–Kier alpha value is -2.08. The molecular formula is C14H17N3O3. The number of aromatic amines is 1. The van der Waals surface area contributed by atoms with E-state index in [0.717, 1.165) is 35.4 Å². The number of aryl methyl sites for hydroxylation is 2. The molecule has 20 heavy (non-hydrogen) atoms. The summed E-state index contributed by atoms with van der Waals surface area (Å²) in [6.07, 6.45) is 3.52. The number of carbonyl (C=O) groups excluding carboxylic acids is 1. The van der Waals surface area contributed by atoms with E-state index in [2.05, 4.69) is 15.5 Å². The topological polar surface area (TPSA) is 80.1 Å². The smallest absolute Gasteiger partial charge is 0.287 e. The molecule has 2 aromatic heterocycles. The fraction of sp³-hybridized carbons (Fsp3) is 0.429. The van der Waals surface area contributed by atoms with Crippen molar-refractivity contribution in [3.63, 3.8) is 0 Å². The number of ether oxygens (including phenoxy) is 1. The summed E-state index contributed by atoms with van der Waals surface area (Å²) in [5.41, 5.74) is 4.00. The first-order valence-electron chi connectivity index (χ1n) is 6.64. The third kappa shape index (κ3) is 2.02.